The molecule has 5 heteroatoms. The molecule has 0 aliphatic heterocycles. The van der Waals surface area contributed by atoms with Crippen molar-refractivity contribution in [2.75, 3.05) is 19.8 Å². The summed E-state index contributed by atoms with van der Waals surface area (Å²) in [5.74, 6) is -1.19. The summed E-state index contributed by atoms with van der Waals surface area (Å²) in [4.78, 5) is 23.8. The van der Waals surface area contributed by atoms with Gasteiger partial charge in [-0.2, -0.15) is 0 Å². The van der Waals surface area contributed by atoms with Crippen molar-refractivity contribution in [3.63, 3.8) is 0 Å². The molecular formula is C11H21NO4. The molecule has 1 N–H and O–H groups in total. The molecule has 0 heterocycles. The predicted octanol–water partition coefficient (Wildman–Crippen LogP) is 1.12. The average molecular weight is 231 g/mol. The molecule has 0 unspecified atom stereocenters. The molecule has 0 saturated heterocycles. The van der Waals surface area contributed by atoms with E-state index in [9.17, 15) is 9.59 Å². The van der Waals surface area contributed by atoms with Crippen LogP contribution in [0.25, 0.3) is 0 Å². The van der Waals surface area contributed by atoms with Crippen LogP contribution in [0, 0.1) is 0 Å². The van der Waals surface area contributed by atoms with Crippen LogP contribution in [0.4, 0.5) is 0 Å². The Labute approximate surface area is 96.4 Å². The lowest BCUT2D eigenvalue weighted by molar-refractivity contribution is -0.148. The molecule has 5 nitrogen and oxygen atoms in total. The Morgan fingerprint density at radius 3 is 2.25 bits per heavy atom. The van der Waals surface area contributed by atoms with Gasteiger partial charge in [0.2, 0.25) is 5.91 Å². The first-order valence-corrected chi connectivity index (χ1v) is 5.39. The van der Waals surface area contributed by atoms with Gasteiger partial charge in [0.15, 0.2) is 0 Å². The molecule has 16 heavy (non-hydrogen) atoms. The zero-order chi connectivity index (χ0) is 12.8. The van der Waals surface area contributed by atoms with E-state index in [-0.39, 0.29) is 18.9 Å². The monoisotopic (exact) mass is 231 g/mol. The lowest BCUT2D eigenvalue weighted by Gasteiger charge is -2.34. The third-order valence-corrected chi connectivity index (χ3v) is 2.07. The van der Waals surface area contributed by atoms with E-state index in [2.05, 4.69) is 0 Å². The average Bonchev–Trinajstić information content (AvgIpc) is 2.12. The standard InChI is InChI=1S/C11H21NO4/c1-5-16-7-6-9(13)12(8-10(14)15)11(2,3)4/h5-8H2,1-4H3,(H,14,15). The second-order valence-corrected chi connectivity index (χ2v) is 4.49. The Hall–Kier alpha value is -1.10. The molecule has 0 saturated carbocycles. The first-order chi connectivity index (χ1) is 7.29. The Balaban J connectivity index is 4.39. The highest BCUT2D eigenvalue weighted by molar-refractivity contribution is 5.82. The van der Waals surface area contributed by atoms with Crippen LogP contribution in [0.3, 0.4) is 0 Å². The molecule has 0 aromatic heterocycles. The van der Waals surface area contributed by atoms with Crippen LogP contribution in [-0.2, 0) is 14.3 Å². The van der Waals surface area contributed by atoms with E-state index in [1.54, 1.807) is 0 Å². The highest BCUT2D eigenvalue weighted by Gasteiger charge is 2.27. The van der Waals surface area contributed by atoms with Crippen molar-refractivity contribution in [2.24, 2.45) is 0 Å². The van der Waals surface area contributed by atoms with E-state index >= 15 is 0 Å². The summed E-state index contributed by atoms with van der Waals surface area (Å²) >= 11 is 0. The van der Waals surface area contributed by atoms with Crippen LogP contribution in [-0.4, -0.2) is 47.2 Å². The van der Waals surface area contributed by atoms with Gasteiger partial charge in [0.05, 0.1) is 13.0 Å². The first kappa shape index (κ1) is 14.9. The topological polar surface area (TPSA) is 66.8 Å². The number of amides is 1. The molecular weight excluding hydrogens is 210 g/mol. The third kappa shape index (κ3) is 5.70. The van der Waals surface area contributed by atoms with Gasteiger partial charge in [-0.15, -0.1) is 0 Å². The fourth-order valence-electron chi connectivity index (χ4n) is 1.27. The molecule has 0 rings (SSSR count). The van der Waals surface area contributed by atoms with Gasteiger partial charge in [-0.1, -0.05) is 0 Å². The predicted molar refractivity (Wildman–Crippen MR) is 60.2 cm³/mol. The van der Waals surface area contributed by atoms with Crippen LogP contribution in [0.15, 0.2) is 0 Å². The number of hydrogen-bond acceptors (Lipinski definition) is 3. The lowest BCUT2D eigenvalue weighted by Crippen LogP contribution is -2.48. The molecule has 0 radical (unpaired) electrons. The van der Waals surface area contributed by atoms with E-state index in [0.717, 1.165) is 0 Å². The van der Waals surface area contributed by atoms with E-state index in [0.29, 0.717) is 13.2 Å². The molecule has 0 fully saturated rings. The summed E-state index contributed by atoms with van der Waals surface area (Å²) < 4.78 is 5.08. The van der Waals surface area contributed by atoms with Crippen molar-refractivity contribution < 1.29 is 19.4 Å². The van der Waals surface area contributed by atoms with Crippen LogP contribution >= 0.6 is 0 Å². The van der Waals surface area contributed by atoms with Crippen molar-refractivity contribution in [2.45, 2.75) is 39.7 Å². The SMILES string of the molecule is CCOCCC(=O)N(CC(=O)O)C(C)(C)C. The molecule has 0 aromatic carbocycles. The van der Waals surface area contributed by atoms with Crippen molar-refractivity contribution >= 4 is 11.9 Å². The van der Waals surface area contributed by atoms with E-state index in [1.165, 1.54) is 4.90 Å². The number of nitrogens with zero attached hydrogens (tertiary/aromatic N) is 1. The van der Waals surface area contributed by atoms with Crippen molar-refractivity contribution in [1.82, 2.24) is 4.90 Å². The summed E-state index contributed by atoms with van der Waals surface area (Å²) in [5.41, 5.74) is -0.484. The number of hydrogen-bond donors (Lipinski definition) is 1. The van der Waals surface area contributed by atoms with Crippen LogP contribution in [0.1, 0.15) is 34.1 Å². The smallest absolute Gasteiger partial charge is 0.323 e. The van der Waals surface area contributed by atoms with Gasteiger partial charge in [0.1, 0.15) is 6.54 Å². The minimum Gasteiger partial charge on any atom is -0.480 e. The number of carbonyl (C=O) groups is 2. The molecule has 0 aliphatic carbocycles. The number of rotatable bonds is 6. The van der Waals surface area contributed by atoms with Crippen LogP contribution < -0.4 is 0 Å². The molecule has 0 bridgehead atoms. The van der Waals surface area contributed by atoms with Gasteiger partial charge < -0.3 is 14.7 Å². The van der Waals surface area contributed by atoms with Gasteiger partial charge in [-0.3, -0.25) is 9.59 Å². The summed E-state index contributed by atoms with van der Waals surface area (Å²) in [6.07, 6.45) is 0.221. The van der Waals surface area contributed by atoms with Crippen molar-refractivity contribution in [3.8, 4) is 0 Å². The zero-order valence-corrected chi connectivity index (χ0v) is 10.4. The van der Waals surface area contributed by atoms with Crippen LogP contribution in [0.5, 0.6) is 0 Å². The highest BCUT2D eigenvalue weighted by atomic mass is 16.5. The number of carboxylic acid groups (broad SMARTS) is 1. The Bertz CT molecular complexity index is 245. The minimum atomic E-state index is -1.00. The largest absolute Gasteiger partial charge is 0.480 e. The molecule has 0 spiro atoms. The number of carboxylic acids is 1. The molecule has 1 amide bonds. The maximum atomic E-state index is 11.8. The molecule has 0 atom stereocenters. The normalized spacial score (nSPS) is 11.2. The van der Waals surface area contributed by atoms with Gasteiger partial charge in [0.25, 0.3) is 0 Å². The van der Waals surface area contributed by atoms with Gasteiger partial charge in [0, 0.05) is 12.1 Å². The fraction of sp³-hybridized carbons (Fsp3) is 0.818. The first-order valence-electron chi connectivity index (χ1n) is 5.39. The number of ether oxygens (including phenoxy) is 1. The van der Waals surface area contributed by atoms with Gasteiger partial charge >= 0.3 is 5.97 Å². The second kappa shape index (κ2) is 6.48. The second-order valence-electron chi connectivity index (χ2n) is 4.49. The van der Waals surface area contributed by atoms with E-state index in [4.69, 9.17) is 9.84 Å². The summed E-state index contributed by atoms with van der Waals surface area (Å²) in [5, 5.41) is 8.74. The van der Waals surface area contributed by atoms with E-state index in [1.807, 2.05) is 27.7 Å². The fourth-order valence-corrected chi connectivity index (χ4v) is 1.27. The van der Waals surface area contributed by atoms with Gasteiger partial charge in [-0.25, -0.2) is 0 Å². The summed E-state index contributed by atoms with van der Waals surface area (Å²) in [7, 11) is 0. The quantitative estimate of drug-likeness (QED) is 0.696. The summed E-state index contributed by atoms with van der Waals surface area (Å²) in [6.45, 7) is 7.92. The number of aliphatic carboxylic acids is 1. The Kier molecular flexibility index (Phi) is 6.03. The van der Waals surface area contributed by atoms with E-state index < -0.39 is 11.5 Å². The van der Waals surface area contributed by atoms with Crippen molar-refractivity contribution in [1.29, 1.82) is 0 Å². The Morgan fingerprint density at radius 2 is 1.88 bits per heavy atom. The molecule has 0 aliphatic rings. The zero-order valence-electron chi connectivity index (χ0n) is 10.4. The lowest BCUT2D eigenvalue weighted by atomic mass is 10.1. The van der Waals surface area contributed by atoms with Crippen LogP contribution in [0.2, 0.25) is 0 Å². The van der Waals surface area contributed by atoms with Gasteiger partial charge in [-0.05, 0) is 27.7 Å². The maximum Gasteiger partial charge on any atom is 0.323 e. The maximum absolute atomic E-state index is 11.8. The van der Waals surface area contributed by atoms with Crippen molar-refractivity contribution in [3.05, 3.63) is 0 Å². The minimum absolute atomic E-state index is 0.191. The molecule has 94 valence electrons. The highest BCUT2D eigenvalue weighted by Crippen LogP contribution is 2.14. The number of carbonyl (C=O) groups excluding carboxylic acids is 1. The third-order valence-electron chi connectivity index (χ3n) is 2.07. The summed E-state index contributed by atoms with van der Waals surface area (Å²) in [6, 6.07) is 0. The molecule has 0 aromatic rings. The Morgan fingerprint density at radius 1 is 1.31 bits per heavy atom.